The highest BCUT2D eigenvalue weighted by molar-refractivity contribution is 5.87. The minimum absolute atomic E-state index is 0.0935. The van der Waals surface area contributed by atoms with Crippen molar-refractivity contribution in [3.63, 3.8) is 0 Å². The van der Waals surface area contributed by atoms with Crippen molar-refractivity contribution in [1.82, 2.24) is 28.5 Å². The fourth-order valence-electron chi connectivity index (χ4n) is 4.78. The molecule has 0 bridgehead atoms. The topological polar surface area (TPSA) is 62.6 Å². The average Bonchev–Trinajstić information content (AvgIpc) is 3.44. The molecule has 0 aliphatic heterocycles. The lowest BCUT2D eigenvalue weighted by atomic mass is 10.00. The predicted octanol–water partition coefficient (Wildman–Crippen LogP) is 5.08. The van der Waals surface area contributed by atoms with Gasteiger partial charge in [0.05, 0.1) is 28.3 Å². The average molecular weight is 479 g/mol. The molecule has 3 heterocycles. The van der Waals surface area contributed by atoms with Gasteiger partial charge in [-0.1, -0.05) is 13.8 Å². The Kier molecular flexibility index (Phi) is 5.02. The maximum atomic E-state index is 15.5. The van der Waals surface area contributed by atoms with E-state index in [9.17, 15) is 4.79 Å². The number of hydrogen-bond donors (Lipinski definition) is 0. The number of halogens is 2. The Hall–Kier alpha value is -3.75. The van der Waals surface area contributed by atoms with Gasteiger partial charge in [-0.15, -0.1) is 0 Å². The third-order valence-corrected chi connectivity index (χ3v) is 6.55. The van der Waals surface area contributed by atoms with Crippen LogP contribution in [0.5, 0.6) is 0 Å². The maximum Gasteiger partial charge on any atom is 0.328 e. The molecule has 0 amide bonds. The molecular formula is C26H28F2N6O. The number of alkyl halides is 1. The maximum absolute atomic E-state index is 15.5. The summed E-state index contributed by atoms with van der Waals surface area (Å²) in [5.74, 6) is -0.201. The highest BCUT2D eigenvalue weighted by Gasteiger charge is 2.30. The third-order valence-electron chi connectivity index (χ3n) is 6.55. The van der Waals surface area contributed by atoms with Gasteiger partial charge in [0.2, 0.25) is 0 Å². The Morgan fingerprint density at radius 2 is 1.71 bits per heavy atom. The SMILES string of the molecule is CC(C)c1cc(-n2c(C(C)(C)F)nc3cc(-c4cnn(C)c4)c(F)cc32)cc2c1n(C)c(=O)n2C. The molecule has 5 aromatic rings. The molecular weight excluding hydrogens is 450 g/mol. The summed E-state index contributed by atoms with van der Waals surface area (Å²) in [5, 5.41) is 4.13. The Balaban J connectivity index is 1.87. The van der Waals surface area contributed by atoms with Crippen molar-refractivity contribution in [3.8, 4) is 16.8 Å². The van der Waals surface area contributed by atoms with Crippen LogP contribution in [0.25, 0.3) is 38.9 Å². The first-order chi connectivity index (χ1) is 16.4. The van der Waals surface area contributed by atoms with Gasteiger partial charge in [0.25, 0.3) is 0 Å². The fraction of sp³-hybridized carbons (Fsp3) is 0.346. The van der Waals surface area contributed by atoms with E-state index in [2.05, 4.69) is 10.1 Å². The number of nitrogens with zero attached hydrogens (tertiary/aromatic N) is 6. The molecule has 0 aliphatic carbocycles. The van der Waals surface area contributed by atoms with Crippen molar-refractivity contribution in [2.45, 2.75) is 39.3 Å². The summed E-state index contributed by atoms with van der Waals surface area (Å²) in [6, 6.07) is 6.80. The molecule has 3 aromatic heterocycles. The van der Waals surface area contributed by atoms with Crippen molar-refractivity contribution < 1.29 is 8.78 Å². The zero-order chi connectivity index (χ0) is 25.4. The van der Waals surface area contributed by atoms with E-state index >= 15 is 8.78 Å². The number of aryl methyl sites for hydroxylation is 3. The molecule has 0 saturated heterocycles. The van der Waals surface area contributed by atoms with Crippen LogP contribution in [0.2, 0.25) is 0 Å². The molecule has 9 heteroatoms. The lowest BCUT2D eigenvalue weighted by Crippen LogP contribution is -2.19. The highest BCUT2D eigenvalue weighted by atomic mass is 19.1. The summed E-state index contributed by atoms with van der Waals surface area (Å²) in [7, 11) is 5.22. The van der Waals surface area contributed by atoms with Gasteiger partial charge in [-0.3, -0.25) is 18.4 Å². The van der Waals surface area contributed by atoms with Gasteiger partial charge in [0, 0.05) is 50.2 Å². The van der Waals surface area contributed by atoms with Gasteiger partial charge in [-0.2, -0.15) is 5.10 Å². The summed E-state index contributed by atoms with van der Waals surface area (Å²) in [5.41, 5.74) is 3.04. The summed E-state index contributed by atoms with van der Waals surface area (Å²) >= 11 is 0. The van der Waals surface area contributed by atoms with Crippen LogP contribution >= 0.6 is 0 Å². The number of aromatic nitrogens is 6. The Bertz CT molecular complexity index is 1680. The lowest BCUT2D eigenvalue weighted by molar-refractivity contribution is 0.205. The van der Waals surface area contributed by atoms with E-state index in [1.54, 1.807) is 58.0 Å². The van der Waals surface area contributed by atoms with Crippen molar-refractivity contribution in [2.24, 2.45) is 21.1 Å². The van der Waals surface area contributed by atoms with E-state index in [4.69, 9.17) is 0 Å². The number of fused-ring (bicyclic) bond motifs is 2. The number of imidazole rings is 2. The van der Waals surface area contributed by atoms with Crippen molar-refractivity contribution in [2.75, 3.05) is 0 Å². The number of hydrogen-bond acceptors (Lipinski definition) is 3. The molecule has 182 valence electrons. The van der Waals surface area contributed by atoms with E-state index in [-0.39, 0.29) is 17.4 Å². The quantitative estimate of drug-likeness (QED) is 0.362. The van der Waals surface area contributed by atoms with Crippen molar-refractivity contribution in [1.29, 1.82) is 0 Å². The first kappa shape index (κ1) is 23.0. The first-order valence-electron chi connectivity index (χ1n) is 11.5. The minimum Gasteiger partial charge on any atom is -0.295 e. The highest BCUT2D eigenvalue weighted by Crippen LogP contribution is 2.36. The van der Waals surface area contributed by atoms with Crippen molar-refractivity contribution in [3.05, 3.63) is 64.3 Å². The minimum atomic E-state index is -1.81. The first-order valence-corrected chi connectivity index (χ1v) is 11.5. The lowest BCUT2D eigenvalue weighted by Gasteiger charge is -2.19. The molecule has 0 saturated carbocycles. The zero-order valence-corrected chi connectivity index (χ0v) is 20.9. The second-order valence-corrected chi connectivity index (χ2v) is 9.92. The predicted molar refractivity (Wildman–Crippen MR) is 133 cm³/mol. The van der Waals surface area contributed by atoms with Crippen LogP contribution in [0.4, 0.5) is 8.78 Å². The van der Waals surface area contributed by atoms with Crippen LogP contribution in [0.1, 0.15) is 45.0 Å². The molecule has 0 unspecified atom stereocenters. The van der Waals surface area contributed by atoms with E-state index in [0.717, 1.165) is 16.6 Å². The number of benzene rings is 2. The molecule has 35 heavy (non-hydrogen) atoms. The molecule has 0 radical (unpaired) electrons. The Labute approximate surface area is 201 Å². The van der Waals surface area contributed by atoms with Gasteiger partial charge in [0.15, 0.2) is 11.5 Å². The van der Waals surface area contributed by atoms with Crippen LogP contribution in [0.15, 0.2) is 41.5 Å². The third kappa shape index (κ3) is 3.48. The standard InChI is InChI=1S/C26H28F2N6O/c1-14(2)17-8-16(9-22-23(17)33(7)25(35)32(22)6)34-21-11-19(27)18(15-12-29-31(5)13-15)10-20(21)30-24(34)26(3,4)28/h8-14H,1-7H3. The van der Waals surface area contributed by atoms with E-state index in [1.165, 1.54) is 19.9 Å². The van der Waals surface area contributed by atoms with Crippen LogP contribution < -0.4 is 5.69 Å². The summed E-state index contributed by atoms with van der Waals surface area (Å²) in [6.07, 6.45) is 3.31. The van der Waals surface area contributed by atoms with Crippen LogP contribution in [0, 0.1) is 5.82 Å². The van der Waals surface area contributed by atoms with E-state index in [0.29, 0.717) is 27.8 Å². The number of rotatable bonds is 4. The Morgan fingerprint density at radius 3 is 2.31 bits per heavy atom. The summed E-state index contributed by atoms with van der Waals surface area (Å²) in [4.78, 5) is 17.3. The molecule has 5 rings (SSSR count). The van der Waals surface area contributed by atoms with Crippen molar-refractivity contribution >= 4 is 22.1 Å². The molecule has 0 fully saturated rings. The van der Waals surface area contributed by atoms with Gasteiger partial charge < -0.3 is 0 Å². The van der Waals surface area contributed by atoms with E-state index < -0.39 is 11.5 Å². The van der Waals surface area contributed by atoms with Gasteiger partial charge in [-0.25, -0.2) is 18.6 Å². The second kappa shape index (κ2) is 7.63. The summed E-state index contributed by atoms with van der Waals surface area (Å²) in [6.45, 7) is 6.95. The molecule has 2 aromatic carbocycles. The van der Waals surface area contributed by atoms with Crippen LogP contribution in [0.3, 0.4) is 0 Å². The normalized spacial score (nSPS) is 12.5. The van der Waals surface area contributed by atoms with Gasteiger partial charge in [-0.05, 0) is 43.5 Å². The summed E-state index contributed by atoms with van der Waals surface area (Å²) < 4.78 is 37.3. The molecule has 0 N–H and O–H groups in total. The van der Waals surface area contributed by atoms with E-state index in [1.807, 2.05) is 26.0 Å². The monoisotopic (exact) mass is 478 g/mol. The smallest absolute Gasteiger partial charge is 0.295 e. The molecule has 7 nitrogen and oxygen atoms in total. The molecule has 0 atom stereocenters. The molecule has 0 spiro atoms. The Morgan fingerprint density at radius 1 is 1.00 bits per heavy atom. The largest absolute Gasteiger partial charge is 0.328 e. The van der Waals surface area contributed by atoms with Crippen LogP contribution in [-0.4, -0.2) is 28.5 Å². The second-order valence-electron chi connectivity index (χ2n) is 9.92. The van der Waals surface area contributed by atoms with Gasteiger partial charge in [0.1, 0.15) is 5.82 Å². The fourth-order valence-corrected chi connectivity index (χ4v) is 4.78. The van der Waals surface area contributed by atoms with Gasteiger partial charge >= 0.3 is 5.69 Å². The molecule has 0 aliphatic rings. The van der Waals surface area contributed by atoms with Crippen LogP contribution in [-0.2, 0) is 26.8 Å². The zero-order valence-electron chi connectivity index (χ0n) is 20.9.